The molecule has 4 nitrogen and oxygen atoms in total. The van der Waals surface area contributed by atoms with Crippen LogP contribution in [-0.4, -0.2) is 30.9 Å². The van der Waals surface area contributed by atoms with E-state index in [4.69, 9.17) is 0 Å². The van der Waals surface area contributed by atoms with Gasteiger partial charge in [0.25, 0.3) is 0 Å². The van der Waals surface area contributed by atoms with Crippen LogP contribution >= 0.6 is 0 Å². The van der Waals surface area contributed by atoms with Gasteiger partial charge in [0.1, 0.15) is 0 Å². The van der Waals surface area contributed by atoms with E-state index >= 15 is 0 Å². The number of hydrogen-bond donors (Lipinski definition) is 1. The van der Waals surface area contributed by atoms with E-state index in [9.17, 15) is 13.5 Å². The summed E-state index contributed by atoms with van der Waals surface area (Å²) in [6, 6.07) is 3.46. The van der Waals surface area contributed by atoms with Gasteiger partial charge in [0.2, 0.25) is 10.0 Å². The van der Waals surface area contributed by atoms with Gasteiger partial charge < -0.3 is 5.11 Å². The summed E-state index contributed by atoms with van der Waals surface area (Å²) in [7, 11) is -3.45. The van der Waals surface area contributed by atoms with Gasteiger partial charge in [0.05, 0.1) is 11.5 Å². The molecule has 112 valence electrons. The number of rotatable bonds is 3. The molecule has 1 aliphatic rings. The Kier molecular flexibility index (Phi) is 4.52. The molecule has 20 heavy (non-hydrogen) atoms. The lowest BCUT2D eigenvalue weighted by Crippen LogP contribution is -2.39. The predicted octanol–water partition coefficient (Wildman–Crippen LogP) is 2.22. The molecule has 1 fully saturated rings. The first-order chi connectivity index (χ1) is 9.36. The lowest BCUT2D eigenvalue weighted by atomic mass is 10.0. The van der Waals surface area contributed by atoms with Crippen LogP contribution in [0.4, 0.5) is 0 Å². The van der Waals surface area contributed by atoms with Gasteiger partial charge in [-0.05, 0) is 55.4 Å². The Labute approximate surface area is 121 Å². The normalized spacial score (nSPS) is 21.1. The summed E-state index contributed by atoms with van der Waals surface area (Å²) in [5, 5.41) is 9.34. The molecule has 0 saturated carbocycles. The maximum Gasteiger partial charge on any atom is 0.243 e. The minimum absolute atomic E-state index is 0.134. The van der Waals surface area contributed by atoms with E-state index in [1.807, 2.05) is 19.9 Å². The largest absolute Gasteiger partial charge is 0.392 e. The lowest BCUT2D eigenvalue weighted by molar-refractivity contribution is 0.278. The third-order valence-electron chi connectivity index (χ3n) is 4.04. The molecule has 1 N–H and O–H groups in total. The highest BCUT2D eigenvalue weighted by Gasteiger charge is 2.30. The topological polar surface area (TPSA) is 57.6 Å². The highest BCUT2D eigenvalue weighted by Crippen LogP contribution is 2.27. The van der Waals surface area contributed by atoms with Gasteiger partial charge in [0, 0.05) is 13.1 Å². The van der Waals surface area contributed by atoms with Crippen molar-refractivity contribution in [2.45, 2.75) is 45.1 Å². The van der Waals surface area contributed by atoms with Crippen molar-refractivity contribution in [2.75, 3.05) is 13.1 Å². The smallest absolute Gasteiger partial charge is 0.243 e. The zero-order valence-corrected chi connectivity index (χ0v) is 13.2. The Morgan fingerprint density at radius 1 is 1.30 bits per heavy atom. The number of nitrogens with zero attached hydrogens (tertiary/aromatic N) is 1. The third-order valence-corrected chi connectivity index (χ3v) is 6.05. The van der Waals surface area contributed by atoms with Crippen molar-refractivity contribution in [1.82, 2.24) is 4.31 Å². The molecule has 5 heteroatoms. The summed E-state index contributed by atoms with van der Waals surface area (Å²) >= 11 is 0. The molecule has 1 saturated heterocycles. The van der Waals surface area contributed by atoms with Crippen LogP contribution in [0.3, 0.4) is 0 Å². The summed E-state index contributed by atoms with van der Waals surface area (Å²) < 4.78 is 27.1. The van der Waals surface area contributed by atoms with E-state index in [0.717, 1.165) is 24.0 Å². The van der Waals surface area contributed by atoms with Crippen molar-refractivity contribution < 1.29 is 13.5 Å². The van der Waals surface area contributed by atoms with E-state index in [0.29, 0.717) is 29.5 Å². The average molecular weight is 297 g/mol. The molecule has 0 aromatic heterocycles. The highest BCUT2D eigenvalue weighted by molar-refractivity contribution is 7.89. The molecule has 0 amide bonds. The van der Waals surface area contributed by atoms with Crippen LogP contribution in [-0.2, 0) is 16.6 Å². The zero-order valence-electron chi connectivity index (χ0n) is 12.4. The standard InChI is InChI=1S/C15H23NO3S/c1-11-5-4-6-16(9-11)20(18,19)15-8-14(10-17)12(2)7-13(15)3/h7-8,11,17H,4-6,9-10H2,1-3H3. The van der Waals surface area contributed by atoms with Crippen molar-refractivity contribution in [3.05, 3.63) is 28.8 Å². The summed E-state index contributed by atoms with van der Waals surface area (Å²) in [6.45, 7) is 6.83. The molecule has 0 radical (unpaired) electrons. The number of aryl methyl sites for hydroxylation is 2. The highest BCUT2D eigenvalue weighted by atomic mass is 32.2. The number of hydrogen-bond acceptors (Lipinski definition) is 3. The Bertz CT molecular complexity index is 595. The van der Waals surface area contributed by atoms with Crippen LogP contribution in [0.2, 0.25) is 0 Å². The van der Waals surface area contributed by atoms with Gasteiger partial charge in [0.15, 0.2) is 0 Å². The van der Waals surface area contributed by atoms with Crippen LogP contribution in [0.1, 0.15) is 36.5 Å². The first kappa shape index (κ1) is 15.5. The minimum Gasteiger partial charge on any atom is -0.392 e. The number of benzene rings is 1. The Morgan fingerprint density at radius 2 is 2.00 bits per heavy atom. The van der Waals surface area contributed by atoms with Crippen LogP contribution < -0.4 is 0 Å². The summed E-state index contributed by atoms with van der Waals surface area (Å²) in [4.78, 5) is 0.334. The Hall–Kier alpha value is -0.910. The van der Waals surface area contributed by atoms with Gasteiger partial charge >= 0.3 is 0 Å². The summed E-state index contributed by atoms with van der Waals surface area (Å²) in [5.41, 5.74) is 2.35. The first-order valence-electron chi connectivity index (χ1n) is 7.07. The number of piperidine rings is 1. The van der Waals surface area contributed by atoms with Gasteiger partial charge in [-0.3, -0.25) is 0 Å². The van der Waals surface area contributed by atoms with E-state index in [-0.39, 0.29) is 6.61 Å². The monoisotopic (exact) mass is 297 g/mol. The summed E-state index contributed by atoms with van der Waals surface area (Å²) in [6.07, 6.45) is 2.00. The maximum absolute atomic E-state index is 12.8. The van der Waals surface area contributed by atoms with Crippen molar-refractivity contribution in [3.63, 3.8) is 0 Å². The molecule has 1 atom stereocenters. The SMILES string of the molecule is Cc1cc(C)c(S(=O)(=O)N2CCCC(C)C2)cc1CO. The molecular weight excluding hydrogens is 274 g/mol. The van der Waals surface area contributed by atoms with Crippen LogP contribution in [0.5, 0.6) is 0 Å². The maximum atomic E-state index is 12.8. The van der Waals surface area contributed by atoms with Crippen LogP contribution in [0.15, 0.2) is 17.0 Å². The van der Waals surface area contributed by atoms with E-state index in [1.54, 1.807) is 10.4 Å². The quantitative estimate of drug-likeness (QED) is 0.930. The molecule has 0 spiro atoms. The minimum atomic E-state index is -3.45. The number of sulfonamides is 1. The number of aliphatic hydroxyl groups is 1. The molecule has 1 aromatic rings. The molecule has 2 rings (SSSR count). The van der Waals surface area contributed by atoms with Crippen molar-refractivity contribution in [1.29, 1.82) is 0 Å². The molecule has 0 bridgehead atoms. The second kappa shape index (κ2) is 5.84. The lowest BCUT2D eigenvalue weighted by Gasteiger charge is -2.30. The van der Waals surface area contributed by atoms with Crippen molar-refractivity contribution in [3.8, 4) is 0 Å². The first-order valence-corrected chi connectivity index (χ1v) is 8.51. The molecule has 0 aliphatic carbocycles. The fourth-order valence-electron chi connectivity index (χ4n) is 2.83. The second-order valence-electron chi connectivity index (χ2n) is 5.81. The van der Waals surface area contributed by atoms with E-state index in [2.05, 4.69) is 6.92 Å². The fourth-order valence-corrected chi connectivity index (χ4v) is 4.68. The van der Waals surface area contributed by atoms with E-state index in [1.165, 1.54) is 0 Å². The van der Waals surface area contributed by atoms with Gasteiger partial charge in [-0.2, -0.15) is 4.31 Å². The molecule has 1 unspecified atom stereocenters. The molecule has 1 aliphatic heterocycles. The van der Waals surface area contributed by atoms with Gasteiger partial charge in [-0.25, -0.2) is 8.42 Å². The molecule has 1 heterocycles. The Balaban J connectivity index is 2.43. The zero-order chi connectivity index (χ0) is 14.9. The van der Waals surface area contributed by atoms with Crippen molar-refractivity contribution in [2.24, 2.45) is 5.92 Å². The van der Waals surface area contributed by atoms with Gasteiger partial charge in [-0.1, -0.05) is 13.0 Å². The van der Waals surface area contributed by atoms with Crippen LogP contribution in [0.25, 0.3) is 0 Å². The van der Waals surface area contributed by atoms with Crippen LogP contribution in [0, 0.1) is 19.8 Å². The third kappa shape index (κ3) is 2.90. The molecular formula is C15H23NO3S. The predicted molar refractivity (Wildman–Crippen MR) is 79.0 cm³/mol. The van der Waals surface area contributed by atoms with E-state index < -0.39 is 10.0 Å². The Morgan fingerprint density at radius 3 is 2.60 bits per heavy atom. The van der Waals surface area contributed by atoms with Crippen molar-refractivity contribution >= 4 is 10.0 Å². The second-order valence-corrected chi connectivity index (χ2v) is 7.72. The number of aliphatic hydroxyl groups excluding tert-OH is 1. The summed E-state index contributed by atoms with van der Waals surface area (Å²) in [5.74, 6) is 0.404. The molecule has 1 aromatic carbocycles. The average Bonchev–Trinajstić information content (AvgIpc) is 2.38. The van der Waals surface area contributed by atoms with Gasteiger partial charge in [-0.15, -0.1) is 0 Å². The fraction of sp³-hybridized carbons (Fsp3) is 0.600.